The molecular formula is C24H33BrClN5O3. The fraction of sp³-hybridized carbons (Fsp3) is 0.625. The number of benzene rings is 1. The van der Waals surface area contributed by atoms with Crippen molar-refractivity contribution < 1.29 is 14.3 Å². The SMILES string of the molecule is C[C@H]1CN(C(=O)OC(C)(C)C)CCN1c1nc(OC[C@@H]2CCCN2C)nc2cc(Br)c(Cl)cc12. The van der Waals surface area contributed by atoms with Crippen LogP contribution < -0.4 is 9.64 Å². The molecule has 8 nitrogen and oxygen atoms in total. The van der Waals surface area contributed by atoms with Gasteiger partial charge in [-0.15, -0.1) is 0 Å². The Hall–Kier alpha value is -1.84. The molecule has 2 atom stereocenters. The number of nitrogens with zero attached hydrogens (tertiary/aromatic N) is 5. The molecule has 2 fully saturated rings. The van der Waals surface area contributed by atoms with Crippen LogP contribution in [0.4, 0.5) is 10.6 Å². The number of aromatic nitrogens is 2. The van der Waals surface area contributed by atoms with Gasteiger partial charge in [0, 0.05) is 41.6 Å². The molecule has 4 rings (SSSR count). The second-order valence-corrected chi connectivity index (χ2v) is 11.4. The first-order valence-corrected chi connectivity index (χ1v) is 12.9. The molecule has 0 spiro atoms. The third kappa shape index (κ3) is 5.69. The van der Waals surface area contributed by atoms with Crippen LogP contribution in [0.15, 0.2) is 16.6 Å². The van der Waals surface area contributed by atoms with Crippen molar-refractivity contribution in [2.24, 2.45) is 0 Å². The highest BCUT2D eigenvalue weighted by atomic mass is 79.9. The van der Waals surface area contributed by atoms with E-state index in [1.165, 1.54) is 6.42 Å². The summed E-state index contributed by atoms with van der Waals surface area (Å²) in [6.07, 6.45) is 2.00. The van der Waals surface area contributed by atoms with Gasteiger partial charge in [0.2, 0.25) is 0 Å². The maximum atomic E-state index is 12.6. The van der Waals surface area contributed by atoms with E-state index in [0.717, 1.165) is 34.2 Å². The summed E-state index contributed by atoms with van der Waals surface area (Å²) in [5, 5.41) is 1.45. The summed E-state index contributed by atoms with van der Waals surface area (Å²) < 4.78 is 12.4. The van der Waals surface area contributed by atoms with Gasteiger partial charge in [0.15, 0.2) is 0 Å². The highest BCUT2D eigenvalue weighted by Gasteiger charge is 2.32. The Bertz CT molecular complexity index is 1060. The number of likely N-dealkylation sites (N-methyl/N-ethyl adjacent to an activating group) is 1. The molecule has 3 heterocycles. The van der Waals surface area contributed by atoms with E-state index in [-0.39, 0.29) is 12.1 Å². The number of halogens is 2. The Morgan fingerprint density at radius 2 is 2.00 bits per heavy atom. The molecular weight excluding hydrogens is 522 g/mol. The summed E-state index contributed by atoms with van der Waals surface area (Å²) in [6, 6.07) is 4.54. The highest BCUT2D eigenvalue weighted by Crippen LogP contribution is 2.35. The van der Waals surface area contributed by atoms with Crippen molar-refractivity contribution in [3.8, 4) is 6.01 Å². The van der Waals surface area contributed by atoms with Crippen molar-refractivity contribution in [2.45, 2.75) is 58.2 Å². The standard InChI is InChI=1S/C24H33BrClN5O3/c1-15-13-30(23(32)34-24(2,3)4)9-10-31(15)21-17-11-19(26)18(25)12-20(17)27-22(28-21)33-14-16-7-6-8-29(16)5/h11-12,15-16H,6-10,13-14H2,1-5H3/t15-,16-/m0/s1. The number of piperazine rings is 1. The molecule has 10 heteroatoms. The predicted octanol–water partition coefficient (Wildman–Crippen LogP) is 4.96. The molecule has 0 N–H and O–H groups in total. The molecule has 34 heavy (non-hydrogen) atoms. The first-order chi connectivity index (χ1) is 16.0. The fourth-order valence-corrected chi connectivity index (χ4v) is 4.99. The molecule has 0 aliphatic carbocycles. The lowest BCUT2D eigenvalue weighted by Gasteiger charge is -2.41. The predicted molar refractivity (Wildman–Crippen MR) is 138 cm³/mol. The Morgan fingerprint density at radius 3 is 2.65 bits per heavy atom. The van der Waals surface area contributed by atoms with Gasteiger partial charge in [-0.25, -0.2) is 4.79 Å². The van der Waals surface area contributed by atoms with E-state index in [0.29, 0.717) is 43.3 Å². The summed E-state index contributed by atoms with van der Waals surface area (Å²) in [4.78, 5) is 28.4. The largest absolute Gasteiger partial charge is 0.462 e. The first kappa shape index (κ1) is 25.3. The van der Waals surface area contributed by atoms with Crippen LogP contribution in [0.2, 0.25) is 5.02 Å². The van der Waals surface area contributed by atoms with Crippen molar-refractivity contribution in [1.29, 1.82) is 0 Å². The molecule has 2 aliphatic heterocycles. The van der Waals surface area contributed by atoms with Crippen molar-refractivity contribution in [3.63, 3.8) is 0 Å². The van der Waals surface area contributed by atoms with Gasteiger partial charge < -0.3 is 24.2 Å². The summed E-state index contributed by atoms with van der Waals surface area (Å²) in [7, 11) is 2.12. The highest BCUT2D eigenvalue weighted by molar-refractivity contribution is 9.10. The number of anilines is 1. The minimum atomic E-state index is -0.524. The third-order valence-electron chi connectivity index (χ3n) is 6.32. The van der Waals surface area contributed by atoms with Gasteiger partial charge in [-0.3, -0.25) is 0 Å². The lowest BCUT2D eigenvalue weighted by atomic mass is 10.1. The molecule has 0 bridgehead atoms. The first-order valence-electron chi connectivity index (χ1n) is 11.8. The van der Waals surface area contributed by atoms with Crippen molar-refractivity contribution in [1.82, 2.24) is 19.8 Å². The van der Waals surface area contributed by atoms with E-state index in [1.54, 1.807) is 4.90 Å². The van der Waals surface area contributed by atoms with Gasteiger partial charge in [-0.2, -0.15) is 9.97 Å². The fourth-order valence-electron chi connectivity index (χ4n) is 4.50. The van der Waals surface area contributed by atoms with Gasteiger partial charge in [0.1, 0.15) is 18.0 Å². The maximum absolute atomic E-state index is 12.6. The molecule has 1 amide bonds. The smallest absolute Gasteiger partial charge is 0.410 e. The van der Waals surface area contributed by atoms with E-state index >= 15 is 0 Å². The Morgan fingerprint density at radius 1 is 1.24 bits per heavy atom. The topological polar surface area (TPSA) is 71.0 Å². The number of rotatable bonds is 4. The van der Waals surface area contributed by atoms with Crippen LogP contribution in [0.5, 0.6) is 6.01 Å². The number of carbonyl (C=O) groups is 1. The number of amides is 1. The van der Waals surface area contributed by atoms with Crippen molar-refractivity contribution in [2.75, 3.05) is 44.7 Å². The second-order valence-electron chi connectivity index (χ2n) is 10.2. The Balaban J connectivity index is 1.60. The average molecular weight is 555 g/mol. The lowest BCUT2D eigenvalue weighted by molar-refractivity contribution is 0.0218. The van der Waals surface area contributed by atoms with Crippen LogP contribution in [-0.2, 0) is 4.74 Å². The zero-order valence-corrected chi connectivity index (χ0v) is 22.8. The van der Waals surface area contributed by atoms with Crippen LogP contribution in [-0.4, -0.2) is 83.4 Å². The molecule has 0 unspecified atom stereocenters. The molecule has 0 saturated carbocycles. The van der Waals surface area contributed by atoms with Gasteiger partial charge in [-0.1, -0.05) is 11.6 Å². The monoisotopic (exact) mass is 553 g/mol. The second kappa shape index (κ2) is 10.0. The quantitative estimate of drug-likeness (QED) is 0.529. The normalized spacial score (nSPS) is 21.9. The van der Waals surface area contributed by atoms with Gasteiger partial charge >= 0.3 is 12.1 Å². The number of hydrogen-bond donors (Lipinski definition) is 0. The van der Waals surface area contributed by atoms with Gasteiger partial charge in [-0.05, 0) is 82.2 Å². The molecule has 2 aliphatic rings. The Labute approximate surface area is 214 Å². The summed E-state index contributed by atoms with van der Waals surface area (Å²) in [5.74, 6) is 0.769. The number of ether oxygens (including phenoxy) is 2. The molecule has 1 aromatic carbocycles. The van der Waals surface area contributed by atoms with Crippen molar-refractivity contribution in [3.05, 3.63) is 21.6 Å². The van der Waals surface area contributed by atoms with Crippen LogP contribution in [0.1, 0.15) is 40.5 Å². The van der Waals surface area contributed by atoms with Crippen LogP contribution in [0, 0.1) is 0 Å². The van der Waals surface area contributed by atoms with E-state index in [2.05, 4.69) is 44.7 Å². The number of fused-ring (bicyclic) bond motifs is 1. The molecule has 0 radical (unpaired) electrons. The maximum Gasteiger partial charge on any atom is 0.410 e. The van der Waals surface area contributed by atoms with Crippen LogP contribution in [0.3, 0.4) is 0 Å². The molecule has 186 valence electrons. The zero-order valence-electron chi connectivity index (χ0n) is 20.5. The summed E-state index contributed by atoms with van der Waals surface area (Å²) in [6.45, 7) is 11.1. The molecule has 1 aromatic heterocycles. The third-order valence-corrected chi connectivity index (χ3v) is 7.52. The lowest BCUT2D eigenvalue weighted by Crippen LogP contribution is -2.54. The Kier molecular flexibility index (Phi) is 7.45. The van der Waals surface area contributed by atoms with E-state index in [9.17, 15) is 4.79 Å². The minimum absolute atomic E-state index is 0.0237. The summed E-state index contributed by atoms with van der Waals surface area (Å²) in [5.41, 5.74) is 0.238. The van der Waals surface area contributed by atoms with Crippen LogP contribution in [0.25, 0.3) is 10.9 Å². The number of hydrogen-bond acceptors (Lipinski definition) is 7. The minimum Gasteiger partial charge on any atom is -0.462 e. The van der Waals surface area contributed by atoms with Gasteiger partial charge in [0.25, 0.3) is 0 Å². The zero-order chi connectivity index (χ0) is 24.6. The van der Waals surface area contributed by atoms with Crippen LogP contribution >= 0.6 is 27.5 Å². The average Bonchev–Trinajstić information content (AvgIpc) is 3.16. The van der Waals surface area contributed by atoms with Crippen molar-refractivity contribution >= 4 is 50.3 Å². The van der Waals surface area contributed by atoms with E-state index in [1.807, 2.05) is 32.9 Å². The van der Waals surface area contributed by atoms with Gasteiger partial charge in [0.05, 0.1) is 10.5 Å². The molecule has 2 saturated heterocycles. The number of carbonyl (C=O) groups excluding carboxylic acids is 1. The van der Waals surface area contributed by atoms with E-state index in [4.69, 9.17) is 26.1 Å². The number of likely N-dealkylation sites (tertiary alicyclic amines) is 1. The summed E-state index contributed by atoms with van der Waals surface area (Å²) >= 11 is 9.95. The molecule has 2 aromatic rings. The van der Waals surface area contributed by atoms with E-state index < -0.39 is 5.60 Å².